The molecule has 1 unspecified atom stereocenters. The second-order valence-electron chi connectivity index (χ2n) is 4.84. The number of hydrogen-bond acceptors (Lipinski definition) is 3. The lowest BCUT2D eigenvalue weighted by Crippen LogP contribution is -2.22. The number of nitrogens with one attached hydrogen (secondary N) is 1. The minimum atomic E-state index is -2.81. The molecule has 3 nitrogen and oxygen atoms in total. The largest absolute Gasteiger partial charge is 0.435 e. The van der Waals surface area contributed by atoms with Crippen molar-refractivity contribution in [1.82, 2.24) is 10.3 Å². The zero-order valence-electron chi connectivity index (χ0n) is 12.0. The van der Waals surface area contributed by atoms with Crippen LogP contribution in [0.5, 0.6) is 5.75 Å². The van der Waals surface area contributed by atoms with Gasteiger partial charge in [-0.1, -0.05) is 12.1 Å². The summed E-state index contributed by atoms with van der Waals surface area (Å²) in [6, 6.07) is 10.8. The molecule has 1 aromatic carbocycles. The Labute approximate surface area is 123 Å². The van der Waals surface area contributed by atoms with Crippen molar-refractivity contribution in [2.75, 3.05) is 0 Å². The van der Waals surface area contributed by atoms with Crippen LogP contribution in [-0.2, 0) is 0 Å². The Morgan fingerprint density at radius 3 is 2.33 bits per heavy atom. The lowest BCUT2D eigenvalue weighted by Gasteiger charge is -2.21. The summed E-state index contributed by atoms with van der Waals surface area (Å²) in [4.78, 5) is 3.99. The highest BCUT2D eigenvalue weighted by atomic mass is 19.3. The van der Waals surface area contributed by atoms with Gasteiger partial charge in [0.25, 0.3) is 0 Å². The molecule has 0 aliphatic carbocycles. The summed E-state index contributed by atoms with van der Waals surface area (Å²) in [6.07, 6.45) is 3.49. The lowest BCUT2D eigenvalue weighted by molar-refractivity contribution is -0.0499. The van der Waals surface area contributed by atoms with Crippen molar-refractivity contribution in [2.24, 2.45) is 0 Å². The van der Waals surface area contributed by atoms with Crippen molar-refractivity contribution in [1.29, 1.82) is 0 Å². The standard InChI is InChI=1S/C16H18F2N2O/c1-11(13-6-8-19-9-7-13)20-12(2)14-4-3-5-15(10-14)21-16(17)18/h3-12,16,20H,1-2H3/t11-,12?/m0/s1. The average Bonchev–Trinajstić information content (AvgIpc) is 2.47. The van der Waals surface area contributed by atoms with Gasteiger partial charge in [0, 0.05) is 24.5 Å². The highest BCUT2D eigenvalue weighted by molar-refractivity contribution is 5.30. The summed E-state index contributed by atoms with van der Waals surface area (Å²) in [6.45, 7) is 1.23. The molecule has 2 atom stereocenters. The van der Waals surface area contributed by atoms with E-state index < -0.39 is 6.61 Å². The maximum atomic E-state index is 12.2. The quantitative estimate of drug-likeness (QED) is 0.870. The number of alkyl halides is 2. The van der Waals surface area contributed by atoms with E-state index in [0.29, 0.717) is 0 Å². The van der Waals surface area contributed by atoms with Crippen molar-refractivity contribution in [3.8, 4) is 5.75 Å². The first-order valence-electron chi connectivity index (χ1n) is 6.77. The van der Waals surface area contributed by atoms with Crippen molar-refractivity contribution in [3.63, 3.8) is 0 Å². The van der Waals surface area contributed by atoms with Crippen molar-refractivity contribution in [2.45, 2.75) is 32.5 Å². The second kappa shape index (κ2) is 7.13. The number of hydrogen-bond donors (Lipinski definition) is 1. The molecule has 0 fully saturated rings. The SMILES string of the molecule is CC(N[C@@H](C)c1ccncc1)c1cccc(OC(F)F)c1. The lowest BCUT2D eigenvalue weighted by atomic mass is 10.0. The molecular weight excluding hydrogens is 274 g/mol. The van der Waals surface area contributed by atoms with E-state index in [-0.39, 0.29) is 17.8 Å². The van der Waals surface area contributed by atoms with Gasteiger partial charge in [0.2, 0.25) is 0 Å². The van der Waals surface area contributed by atoms with Gasteiger partial charge in [-0.2, -0.15) is 8.78 Å². The van der Waals surface area contributed by atoms with Gasteiger partial charge < -0.3 is 10.1 Å². The van der Waals surface area contributed by atoms with E-state index in [1.54, 1.807) is 24.5 Å². The van der Waals surface area contributed by atoms with Gasteiger partial charge in [-0.3, -0.25) is 4.98 Å². The van der Waals surface area contributed by atoms with Gasteiger partial charge >= 0.3 is 6.61 Å². The summed E-state index contributed by atoms with van der Waals surface area (Å²) < 4.78 is 28.9. The van der Waals surface area contributed by atoms with E-state index in [1.165, 1.54) is 6.07 Å². The second-order valence-corrected chi connectivity index (χ2v) is 4.84. The summed E-state index contributed by atoms with van der Waals surface area (Å²) in [5.41, 5.74) is 2.02. The molecule has 1 N–H and O–H groups in total. The number of rotatable bonds is 6. The van der Waals surface area contributed by atoms with Crippen LogP contribution in [0.15, 0.2) is 48.8 Å². The van der Waals surface area contributed by atoms with Crippen LogP contribution in [0.4, 0.5) is 8.78 Å². The topological polar surface area (TPSA) is 34.2 Å². The van der Waals surface area contributed by atoms with E-state index in [1.807, 2.05) is 32.0 Å². The number of nitrogens with zero attached hydrogens (tertiary/aromatic N) is 1. The van der Waals surface area contributed by atoms with Crippen LogP contribution in [0.25, 0.3) is 0 Å². The Morgan fingerprint density at radius 2 is 1.67 bits per heavy atom. The number of benzene rings is 1. The fourth-order valence-electron chi connectivity index (χ4n) is 2.18. The first-order valence-corrected chi connectivity index (χ1v) is 6.77. The highest BCUT2D eigenvalue weighted by Gasteiger charge is 2.12. The molecule has 112 valence electrons. The number of aromatic nitrogens is 1. The van der Waals surface area contributed by atoms with Crippen LogP contribution >= 0.6 is 0 Å². The maximum absolute atomic E-state index is 12.2. The van der Waals surface area contributed by atoms with Crippen LogP contribution in [0.1, 0.15) is 37.1 Å². The molecule has 0 aliphatic rings. The summed E-state index contributed by atoms with van der Waals surface area (Å²) in [5, 5.41) is 3.42. The minimum Gasteiger partial charge on any atom is -0.435 e. The molecule has 0 amide bonds. The minimum absolute atomic E-state index is 0.00869. The third kappa shape index (κ3) is 4.49. The van der Waals surface area contributed by atoms with Crippen molar-refractivity contribution in [3.05, 3.63) is 59.9 Å². The molecule has 5 heteroatoms. The first-order chi connectivity index (χ1) is 10.1. The number of pyridine rings is 1. The summed E-state index contributed by atoms with van der Waals surface area (Å²) in [7, 11) is 0. The van der Waals surface area contributed by atoms with E-state index in [9.17, 15) is 8.78 Å². The van der Waals surface area contributed by atoms with E-state index in [0.717, 1.165) is 11.1 Å². The molecule has 21 heavy (non-hydrogen) atoms. The van der Waals surface area contributed by atoms with Gasteiger partial charge in [-0.15, -0.1) is 0 Å². The van der Waals surface area contributed by atoms with Crippen LogP contribution < -0.4 is 10.1 Å². The van der Waals surface area contributed by atoms with Gasteiger partial charge in [0.15, 0.2) is 0 Å². The summed E-state index contributed by atoms with van der Waals surface area (Å²) in [5.74, 6) is 0.174. The van der Waals surface area contributed by atoms with Crippen molar-refractivity contribution < 1.29 is 13.5 Å². The molecule has 2 rings (SSSR count). The predicted octanol–water partition coefficient (Wildman–Crippen LogP) is 4.09. The van der Waals surface area contributed by atoms with Crippen LogP contribution in [0, 0.1) is 0 Å². The highest BCUT2D eigenvalue weighted by Crippen LogP contribution is 2.23. The van der Waals surface area contributed by atoms with Gasteiger partial charge in [0.1, 0.15) is 5.75 Å². The molecule has 1 aromatic heterocycles. The van der Waals surface area contributed by atoms with E-state index in [2.05, 4.69) is 15.0 Å². The Balaban J connectivity index is 2.04. The molecule has 0 radical (unpaired) electrons. The Morgan fingerprint density at radius 1 is 1.00 bits per heavy atom. The Kier molecular flexibility index (Phi) is 5.22. The zero-order chi connectivity index (χ0) is 15.2. The molecule has 0 aliphatic heterocycles. The van der Waals surface area contributed by atoms with E-state index in [4.69, 9.17) is 0 Å². The van der Waals surface area contributed by atoms with Gasteiger partial charge in [-0.25, -0.2) is 0 Å². The normalized spacial score (nSPS) is 14.0. The maximum Gasteiger partial charge on any atom is 0.387 e. The van der Waals surface area contributed by atoms with E-state index >= 15 is 0 Å². The van der Waals surface area contributed by atoms with Crippen LogP contribution in [0.2, 0.25) is 0 Å². The molecule has 2 aromatic rings. The number of ether oxygens (including phenoxy) is 1. The fraction of sp³-hybridized carbons (Fsp3) is 0.312. The third-order valence-corrected chi connectivity index (χ3v) is 3.29. The molecule has 0 saturated carbocycles. The molecule has 0 bridgehead atoms. The fourth-order valence-corrected chi connectivity index (χ4v) is 2.18. The number of halogens is 2. The first kappa shape index (κ1) is 15.4. The van der Waals surface area contributed by atoms with Gasteiger partial charge in [0.05, 0.1) is 0 Å². The Hall–Kier alpha value is -2.01. The van der Waals surface area contributed by atoms with Crippen LogP contribution in [-0.4, -0.2) is 11.6 Å². The monoisotopic (exact) mass is 292 g/mol. The zero-order valence-corrected chi connectivity index (χ0v) is 12.0. The smallest absolute Gasteiger partial charge is 0.387 e. The summed E-state index contributed by atoms with van der Waals surface area (Å²) >= 11 is 0. The average molecular weight is 292 g/mol. The van der Waals surface area contributed by atoms with Crippen LogP contribution in [0.3, 0.4) is 0 Å². The Bertz CT molecular complexity index is 563. The molecule has 0 saturated heterocycles. The molecular formula is C16H18F2N2O. The van der Waals surface area contributed by atoms with Gasteiger partial charge in [-0.05, 0) is 49.2 Å². The predicted molar refractivity (Wildman–Crippen MR) is 77.3 cm³/mol. The third-order valence-electron chi connectivity index (χ3n) is 3.29. The molecule has 0 spiro atoms. The van der Waals surface area contributed by atoms with Crippen molar-refractivity contribution >= 4 is 0 Å². The molecule has 1 heterocycles.